The van der Waals surface area contributed by atoms with Crippen LogP contribution in [0.4, 0.5) is 8.78 Å². The van der Waals surface area contributed by atoms with E-state index in [0.717, 1.165) is 12.5 Å². The van der Waals surface area contributed by atoms with Crippen molar-refractivity contribution in [2.24, 2.45) is 5.84 Å². The van der Waals surface area contributed by atoms with E-state index >= 15 is 0 Å². The first-order chi connectivity index (χ1) is 8.36. The molecule has 0 aliphatic carbocycles. The average Bonchev–Trinajstić information content (AvgIpc) is 2.33. The summed E-state index contributed by atoms with van der Waals surface area (Å²) >= 11 is 0. The maximum absolute atomic E-state index is 13.3. The summed E-state index contributed by atoms with van der Waals surface area (Å²) in [5.41, 5.74) is 3.05. The van der Waals surface area contributed by atoms with Crippen molar-refractivity contribution in [3.63, 3.8) is 0 Å². The zero-order chi connectivity index (χ0) is 13.9. The van der Waals surface area contributed by atoms with Gasteiger partial charge in [-0.2, -0.15) is 0 Å². The van der Waals surface area contributed by atoms with Crippen molar-refractivity contribution < 1.29 is 8.78 Å². The Hall–Kier alpha value is -1.04. The van der Waals surface area contributed by atoms with Gasteiger partial charge in [-0.25, -0.2) is 8.78 Å². The van der Waals surface area contributed by atoms with Crippen LogP contribution in [0, 0.1) is 11.6 Å². The molecule has 0 radical (unpaired) electrons. The highest BCUT2D eigenvalue weighted by Gasteiger charge is 2.35. The fourth-order valence-corrected chi connectivity index (χ4v) is 2.11. The third-order valence-corrected chi connectivity index (χ3v) is 3.80. The van der Waals surface area contributed by atoms with Crippen LogP contribution in [0.2, 0.25) is 0 Å². The summed E-state index contributed by atoms with van der Waals surface area (Å²) < 4.78 is 26.3. The minimum Gasteiger partial charge on any atom is -0.302 e. The number of halogens is 2. The summed E-state index contributed by atoms with van der Waals surface area (Å²) in [6, 6.07) is 3.59. The van der Waals surface area contributed by atoms with E-state index in [2.05, 4.69) is 5.43 Å². The lowest BCUT2D eigenvalue weighted by Gasteiger charge is -2.42. The summed E-state index contributed by atoms with van der Waals surface area (Å²) in [5.74, 6) is 3.89. The number of likely N-dealkylation sites (N-methyl/N-ethyl adjacent to an activating group) is 1. The van der Waals surface area contributed by atoms with Gasteiger partial charge in [-0.1, -0.05) is 13.0 Å². The summed E-state index contributed by atoms with van der Waals surface area (Å²) in [6.45, 7) is 4.06. The number of hydrazine groups is 1. The van der Waals surface area contributed by atoms with Crippen molar-refractivity contribution in [2.45, 2.75) is 31.8 Å². The van der Waals surface area contributed by atoms with Gasteiger partial charge < -0.3 is 4.90 Å². The molecule has 0 spiro atoms. The van der Waals surface area contributed by atoms with Crippen LogP contribution in [0.3, 0.4) is 0 Å². The van der Waals surface area contributed by atoms with E-state index in [1.54, 1.807) is 6.07 Å². The molecule has 18 heavy (non-hydrogen) atoms. The van der Waals surface area contributed by atoms with Crippen molar-refractivity contribution in [1.29, 1.82) is 0 Å². The predicted octanol–water partition coefficient (Wildman–Crippen LogP) is 2.20. The van der Waals surface area contributed by atoms with Gasteiger partial charge in [0.1, 0.15) is 0 Å². The Balaban J connectivity index is 3.20. The van der Waals surface area contributed by atoms with Gasteiger partial charge in [0.05, 0.1) is 6.04 Å². The molecule has 0 fully saturated rings. The molecular weight excluding hydrogens is 236 g/mol. The zero-order valence-corrected chi connectivity index (χ0v) is 11.3. The molecule has 0 saturated heterocycles. The van der Waals surface area contributed by atoms with Crippen LogP contribution in [-0.4, -0.2) is 24.5 Å². The van der Waals surface area contributed by atoms with E-state index < -0.39 is 11.6 Å². The number of hydrogen-bond donors (Lipinski definition) is 2. The second kappa shape index (κ2) is 5.73. The average molecular weight is 257 g/mol. The molecule has 2 unspecified atom stereocenters. The number of hydrogen-bond acceptors (Lipinski definition) is 3. The van der Waals surface area contributed by atoms with Crippen LogP contribution >= 0.6 is 0 Å². The van der Waals surface area contributed by atoms with Gasteiger partial charge >= 0.3 is 0 Å². The molecule has 0 heterocycles. The van der Waals surface area contributed by atoms with Crippen molar-refractivity contribution in [3.8, 4) is 0 Å². The lowest BCUT2D eigenvalue weighted by Crippen LogP contribution is -2.53. The Kier molecular flexibility index (Phi) is 4.78. The molecule has 102 valence electrons. The van der Waals surface area contributed by atoms with Crippen LogP contribution in [-0.2, 0) is 0 Å². The third-order valence-electron chi connectivity index (χ3n) is 3.80. The Bertz CT molecular complexity index is 409. The smallest absolute Gasteiger partial charge is 0.159 e. The minimum absolute atomic E-state index is 0.285. The molecule has 0 aliphatic heterocycles. The molecule has 0 amide bonds. The fourth-order valence-electron chi connectivity index (χ4n) is 2.11. The number of nitrogens with one attached hydrogen (secondary N) is 1. The first kappa shape index (κ1) is 15.0. The largest absolute Gasteiger partial charge is 0.302 e. The normalized spacial score (nSPS) is 16.7. The molecule has 1 rings (SSSR count). The van der Waals surface area contributed by atoms with Crippen molar-refractivity contribution in [1.82, 2.24) is 10.3 Å². The van der Waals surface area contributed by atoms with Gasteiger partial charge in [-0.05, 0) is 45.1 Å². The molecule has 0 aromatic heterocycles. The standard InChI is InChI=1S/C13H21F2N3/c1-5-13(2,18(3)4)12(17-16)9-6-7-10(14)11(15)8-9/h6-8,12,17H,5,16H2,1-4H3. The van der Waals surface area contributed by atoms with Crippen LogP contribution in [0.5, 0.6) is 0 Å². The molecule has 1 aromatic rings. The second-order valence-corrected chi connectivity index (χ2v) is 4.88. The summed E-state index contributed by atoms with van der Waals surface area (Å²) in [7, 11) is 3.88. The van der Waals surface area contributed by atoms with Crippen molar-refractivity contribution in [3.05, 3.63) is 35.4 Å². The fraction of sp³-hybridized carbons (Fsp3) is 0.538. The molecule has 0 aliphatic rings. The first-order valence-electron chi connectivity index (χ1n) is 5.95. The molecule has 3 nitrogen and oxygen atoms in total. The monoisotopic (exact) mass is 257 g/mol. The highest BCUT2D eigenvalue weighted by Crippen LogP contribution is 2.32. The highest BCUT2D eigenvalue weighted by molar-refractivity contribution is 5.24. The maximum Gasteiger partial charge on any atom is 0.159 e. The third kappa shape index (κ3) is 2.68. The molecule has 0 saturated carbocycles. The summed E-state index contributed by atoms with van der Waals surface area (Å²) in [4.78, 5) is 2.03. The number of nitrogens with zero attached hydrogens (tertiary/aromatic N) is 1. The summed E-state index contributed by atoms with van der Waals surface area (Å²) in [5, 5.41) is 0. The van der Waals surface area contributed by atoms with Crippen LogP contribution in [0.25, 0.3) is 0 Å². The van der Waals surface area contributed by atoms with E-state index in [-0.39, 0.29) is 11.6 Å². The summed E-state index contributed by atoms with van der Waals surface area (Å²) in [6.07, 6.45) is 0.813. The topological polar surface area (TPSA) is 41.3 Å². The molecule has 1 aromatic carbocycles. The van der Waals surface area contributed by atoms with Gasteiger partial charge in [0.25, 0.3) is 0 Å². The number of nitrogens with two attached hydrogens (primary N) is 1. The van der Waals surface area contributed by atoms with Gasteiger partial charge in [-0.3, -0.25) is 11.3 Å². The zero-order valence-electron chi connectivity index (χ0n) is 11.3. The van der Waals surface area contributed by atoms with Crippen LogP contribution in [0.1, 0.15) is 31.9 Å². The van der Waals surface area contributed by atoms with Gasteiger partial charge in [0.2, 0.25) is 0 Å². The SMILES string of the molecule is CCC(C)(C(NN)c1ccc(F)c(F)c1)N(C)C. The Morgan fingerprint density at radius 2 is 1.94 bits per heavy atom. The molecule has 0 bridgehead atoms. The lowest BCUT2D eigenvalue weighted by molar-refractivity contribution is 0.113. The first-order valence-corrected chi connectivity index (χ1v) is 5.95. The molecule has 2 atom stereocenters. The number of rotatable bonds is 5. The van der Waals surface area contributed by atoms with Crippen LogP contribution < -0.4 is 11.3 Å². The minimum atomic E-state index is -0.857. The molecule has 5 heteroatoms. The predicted molar refractivity (Wildman–Crippen MR) is 68.8 cm³/mol. The number of benzene rings is 1. The van der Waals surface area contributed by atoms with E-state index in [9.17, 15) is 8.78 Å². The van der Waals surface area contributed by atoms with Gasteiger partial charge in [0.15, 0.2) is 11.6 Å². The van der Waals surface area contributed by atoms with Crippen molar-refractivity contribution in [2.75, 3.05) is 14.1 Å². The second-order valence-electron chi connectivity index (χ2n) is 4.88. The van der Waals surface area contributed by atoms with Crippen molar-refractivity contribution >= 4 is 0 Å². The molecule has 3 N–H and O–H groups in total. The Morgan fingerprint density at radius 1 is 1.33 bits per heavy atom. The highest BCUT2D eigenvalue weighted by atomic mass is 19.2. The Labute approximate surface area is 107 Å². The lowest BCUT2D eigenvalue weighted by atomic mass is 9.84. The van der Waals surface area contributed by atoms with E-state index in [1.165, 1.54) is 6.07 Å². The van der Waals surface area contributed by atoms with E-state index in [1.807, 2.05) is 32.8 Å². The quantitative estimate of drug-likeness (QED) is 0.627. The van der Waals surface area contributed by atoms with E-state index in [4.69, 9.17) is 5.84 Å². The van der Waals surface area contributed by atoms with Gasteiger partial charge in [-0.15, -0.1) is 0 Å². The van der Waals surface area contributed by atoms with Crippen LogP contribution in [0.15, 0.2) is 18.2 Å². The maximum atomic E-state index is 13.3. The molecular formula is C13H21F2N3. The Morgan fingerprint density at radius 3 is 2.33 bits per heavy atom. The van der Waals surface area contributed by atoms with Gasteiger partial charge in [0, 0.05) is 5.54 Å². The van der Waals surface area contributed by atoms with E-state index in [0.29, 0.717) is 5.56 Å².